The predicted molar refractivity (Wildman–Crippen MR) is 127 cm³/mol. The van der Waals surface area contributed by atoms with E-state index in [-0.39, 0.29) is 11.9 Å². The van der Waals surface area contributed by atoms with Crippen molar-refractivity contribution in [2.75, 3.05) is 0 Å². The van der Waals surface area contributed by atoms with Gasteiger partial charge in [-0.3, -0.25) is 10.2 Å². The summed E-state index contributed by atoms with van der Waals surface area (Å²) >= 11 is 0. The molecule has 0 spiro atoms. The Morgan fingerprint density at radius 1 is 0.875 bits per heavy atom. The van der Waals surface area contributed by atoms with Crippen molar-refractivity contribution in [3.05, 3.63) is 114 Å². The van der Waals surface area contributed by atoms with Crippen molar-refractivity contribution in [1.29, 1.82) is 0 Å². The number of hydrogen-bond acceptors (Lipinski definition) is 3. The fourth-order valence-corrected chi connectivity index (χ4v) is 4.00. The number of hydrogen-bond donors (Lipinski definition) is 1. The van der Waals surface area contributed by atoms with E-state index in [4.69, 9.17) is 5.10 Å². The highest BCUT2D eigenvalue weighted by Crippen LogP contribution is 2.37. The Kier molecular flexibility index (Phi) is 5.07. The average Bonchev–Trinajstić information content (AvgIpc) is 3.46. The van der Waals surface area contributed by atoms with Gasteiger partial charge in [-0.25, -0.2) is 9.69 Å². The summed E-state index contributed by atoms with van der Waals surface area (Å²) in [5.74, 6) is -0.0560. The summed E-state index contributed by atoms with van der Waals surface area (Å²) < 4.78 is 1.89. The van der Waals surface area contributed by atoms with Crippen LogP contribution in [0.1, 0.15) is 29.7 Å². The van der Waals surface area contributed by atoms with Gasteiger partial charge in [0, 0.05) is 24.2 Å². The molecule has 32 heavy (non-hydrogen) atoms. The summed E-state index contributed by atoms with van der Waals surface area (Å²) in [6.45, 7) is 3.65. The quantitative estimate of drug-likeness (QED) is 0.488. The van der Waals surface area contributed by atoms with E-state index >= 15 is 0 Å². The number of carbonyl (C=O) groups is 1. The second kappa shape index (κ2) is 8.19. The van der Waals surface area contributed by atoms with Gasteiger partial charge < -0.3 is 0 Å². The summed E-state index contributed by atoms with van der Waals surface area (Å²) in [5.41, 5.74) is 10.3. The lowest BCUT2D eigenvalue weighted by Gasteiger charge is -2.23. The predicted octanol–water partition coefficient (Wildman–Crippen LogP) is 5.30. The van der Waals surface area contributed by atoms with E-state index in [9.17, 15) is 4.79 Å². The third-order valence-electron chi connectivity index (χ3n) is 5.67. The number of hydrazine groups is 1. The monoisotopic (exact) mass is 420 g/mol. The Morgan fingerprint density at radius 2 is 1.53 bits per heavy atom. The topological polar surface area (TPSA) is 50.2 Å². The van der Waals surface area contributed by atoms with Crippen LogP contribution >= 0.6 is 0 Å². The standard InChI is InChI=1S/C27H24N4O/c1-19-13-15-22(16-14-19)27-24(18-30(29-27)23-11-7-4-8-12-23)26-17-25(28-31(26)20(2)32)21-9-5-3-6-10-21/h3-18,26,28H,1-2H3/t26-/m1/s1. The smallest absolute Gasteiger partial charge is 0.238 e. The lowest BCUT2D eigenvalue weighted by Crippen LogP contribution is -2.37. The minimum absolute atomic E-state index is 0.0560. The van der Waals surface area contributed by atoms with Gasteiger partial charge in [-0.05, 0) is 30.7 Å². The summed E-state index contributed by atoms with van der Waals surface area (Å²) in [6, 6.07) is 28.1. The van der Waals surface area contributed by atoms with Crippen molar-refractivity contribution >= 4 is 11.6 Å². The second-order valence-electron chi connectivity index (χ2n) is 7.97. The molecule has 0 saturated heterocycles. The van der Waals surface area contributed by atoms with Crippen molar-refractivity contribution in [3.63, 3.8) is 0 Å². The number of carbonyl (C=O) groups excluding carboxylic acids is 1. The van der Waals surface area contributed by atoms with Gasteiger partial charge >= 0.3 is 0 Å². The summed E-state index contributed by atoms with van der Waals surface area (Å²) in [7, 11) is 0. The van der Waals surface area contributed by atoms with E-state index in [0.717, 1.165) is 33.8 Å². The molecule has 158 valence electrons. The Morgan fingerprint density at radius 3 is 2.19 bits per heavy atom. The molecule has 2 heterocycles. The molecule has 0 saturated carbocycles. The molecule has 0 bridgehead atoms. The number of benzene rings is 3. The molecule has 0 radical (unpaired) electrons. The first-order chi connectivity index (χ1) is 15.6. The first kappa shape index (κ1) is 19.8. The third kappa shape index (κ3) is 3.69. The fraction of sp³-hybridized carbons (Fsp3) is 0.111. The van der Waals surface area contributed by atoms with Gasteiger partial charge in [0.1, 0.15) is 6.04 Å². The number of aryl methyl sites for hydroxylation is 1. The highest BCUT2D eigenvalue weighted by atomic mass is 16.2. The van der Waals surface area contributed by atoms with Crippen molar-refractivity contribution < 1.29 is 4.79 Å². The number of rotatable bonds is 4. The van der Waals surface area contributed by atoms with Crippen LogP contribution in [0.25, 0.3) is 22.6 Å². The van der Waals surface area contributed by atoms with Crippen LogP contribution in [-0.2, 0) is 4.79 Å². The Bertz CT molecular complexity index is 1270. The van der Waals surface area contributed by atoms with E-state index in [1.807, 2.05) is 71.5 Å². The Hall–Kier alpha value is -4.12. The van der Waals surface area contributed by atoms with E-state index in [2.05, 4.69) is 42.7 Å². The average molecular weight is 421 g/mol. The van der Waals surface area contributed by atoms with Gasteiger partial charge in [0.25, 0.3) is 0 Å². The third-order valence-corrected chi connectivity index (χ3v) is 5.67. The molecule has 1 aromatic heterocycles. The molecule has 5 nitrogen and oxygen atoms in total. The van der Waals surface area contributed by atoms with Crippen molar-refractivity contribution in [3.8, 4) is 16.9 Å². The number of nitrogens with zero attached hydrogens (tertiary/aromatic N) is 3. The summed E-state index contributed by atoms with van der Waals surface area (Å²) in [6.07, 6.45) is 4.12. The van der Waals surface area contributed by atoms with E-state index in [1.54, 1.807) is 11.9 Å². The first-order valence-electron chi connectivity index (χ1n) is 10.7. The molecule has 0 unspecified atom stereocenters. The molecule has 1 aliphatic heterocycles. The minimum atomic E-state index is -0.281. The van der Waals surface area contributed by atoms with Gasteiger partial charge in [-0.2, -0.15) is 5.10 Å². The fourth-order valence-electron chi connectivity index (χ4n) is 4.00. The molecule has 4 aromatic rings. The van der Waals surface area contributed by atoms with Crippen molar-refractivity contribution in [1.82, 2.24) is 20.2 Å². The Balaban J connectivity index is 1.66. The van der Waals surface area contributed by atoms with Gasteiger partial charge in [-0.15, -0.1) is 0 Å². The molecule has 0 fully saturated rings. The van der Waals surface area contributed by atoms with Crippen LogP contribution in [0.4, 0.5) is 0 Å². The zero-order valence-electron chi connectivity index (χ0n) is 18.1. The molecule has 1 N–H and O–H groups in total. The van der Waals surface area contributed by atoms with Crippen LogP contribution in [0, 0.1) is 6.92 Å². The second-order valence-corrected chi connectivity index (χ2v) is 7.97. The molecular weight excluding hydrogens is 396 g/mol. The van der Waals surface area contributed by atoms with Crippen LogP contribution in [0.15, 0.2) is 97.2 Å². The number of nitrogens with one attached hydrogen (secondary N) is 1. The minimum Gasteiger partial charge on any atom is -0.295 e. The maximum Gasteiger partial charge on any atom is 0.238 e. The normalized spacial score (nSPS) is 15.4. The summed E-state index contributed by atoms with van der Waals surface area (Å²) in [5, 5.41) is 6.61. The van der Waals surface area contributed by atoms with E-state index in [1.165, 1.54) is 5.56 Å². The number of amides is 1. The molecule has 1 atom stereocenters. The van der Waals surface area contributed by atoms with E-state index in [0.29, 0.717) is 0 Å². The molecule has 1 aliphatic rings. The van der Waals surface area contributed by atoms with Crippen LogP contribution in [0.5, 0.6) is 0 Å². The zero-order chi connectivity index (χ0) is 22.1. The van der Waals surface area contributed by atoms with Gasteiger partial charge in [-0.1, -0.05) is 78.4 Å². The van der Waals surface area contributed by atoms with Gasteiger partial charge in [0.15, 0.2) is 0 Å². The lowest BCUT2D eigenvalue weighted by atomic mass is 10.0. The van der Waals surface area contributed by atoms with Gasteiger partial charge in [0.2, 0.25) is 5.91 Å². The highest BCUT2D eigenvalue weighted by molar-refractivity contribution is 5.80. The largest absolute Gasteiger partial charge is 0.295 e. The van der Waals surface area contributed by atoms with Crippen LogP contribution < -0.4 is 5.43 Å². The number of para-hydroxylation sites is 1. The Labute approximate surface area is 187 Å². The van der Waals surface area contributed by atoms with Crippen LogP contribution in [0.3, 0.4) is 0 Å². The molecule has 3 aromatic carbocycles. The first-order valence-corrected chi connectivity index (χ1v) is 10.7. The molecular formula is C27H24N4O. The van der Waals surface area contributed by atoms with Gasteiger partial charge in [0.05, 0.1) is 17.1 Å². The summed E-state index contributed by atoms with van der Waals surface area (Å²) in [4.78, 5) is 12.6. The zero-order valence-corrected chi connectivity index (χ0v) is 18.1. The van der Waals surface area contributed by atoms with Crippen molar-refractivity contribution in [2.45, 2.75) is 19.9 Å². The highest BCUT2D eigenvalue weighted by Gasteiger charge is 2.32. The van der Waals surface area contributed by atoms with E-state index < -0.39 is 0 Å². The van der Waals surface area contributed by atoms with Crippen LogP contribution in [0.2, 0.25) is 0 Å². The molecule has 5 rings (SSSR count). The SMILES string of the molecule is CC(=O)N1NC(c2ccccc2)=C[C@@H]1c1cn(-c2ccccc2)nc1-c1ccc(C)cc1. The molecule has 5 heteroatoms. The van der Waals surface area contributed by atoms with Crippen molar-refractivity contribution in [2.24, 2.45) is 0 Å². The maximum absolute atomic E-state index is 12.6. The molecule has 0 aliphatic carbocycles. The van der Waals surface area contributed by atoms with Crippen LogP contribution in [-0.4, -0.2) is 20.7 Å². The lowest BCUT2D eigenvalue weighted by molar-refractivity contribution is -0.132. The molecule has 1 amide bonds. The number of aromatic nitrogens is 2. The maximum atomic E-state index is 12.6.